The molecule has 7 heteroatoms. The molecule has 0 saturated carbocycles. The summed E-state index contributed by atoms with van der Waals surface area (Å²) in [6, 6.07) is 1.81. The zero-order valence-corrected chi connectivity index (χ0v) is 12.4. The van der Waals surface area contributed by atoms with Crippen molar-refractivity contribution in [1.29, 1.82) is 0 Å². The van der Waals surface area contributed by atoms with E-state index in [1.807, 2.05) is 19.0 Å². The van der Waals surface area contributed by atoms with E-state index in [0.717, 1.165) is 6.54 Å². The number of nitrogens with zero attached hydrogens (tertiary/aromatic N) is 4. The van der Waals surface area contributed by atoms with Gasteiger partial charge < -0.3 is 24.4 Å². The number of likely N-dealkylation sites (N-methyl/N-ethyl adjacent to an activating group) is 1. The fourth-order valence-corrected chi connectivity index (χ4v) is 2.46. The zero-order valence-electron chi connectivity index (χ0n) is 12.4. The molecule has 2 atom stereocenters. The van der Waals surface area contributed by atoms with Crippen LogP contribution in [-0.4, -0.2) is 73.5 Å². The summed E-state index contributed by atoms with van der Waals surface area (Å²) in [6.45, 7) is 1.36. The van der Waals surface area contributed by atoms with Crippen molar-refractivity contribution in [2.24, 2.45) is 0 Å². The number of aromatic nitrogens is 2. The van der Waals surface area contributed by atoms with Gasteiger partial charge in [0, 0.05) is 19.1 Å². The molecule has 0 radical (unpaired) electrons. The predicted molar refractivity (Wildman–Crippen MR) is 75.4 cm³/mol. The Kier molecular flexibility index (Phi) is 4.61. The van der Waals surface area contributed by atoms with Crippen LogP contribution in [-0.2, 0) is 0 Å². The topological polar surface area (TPSA) is 71.0 Å². The maximum Gasteiger partial charge on any atom is 0.232 e. The standard InChI is InChI=1S/C13H22N4O3/c1-16(2)7-9-5-10(18)8-17(9)13-14-11(19-3)6-12(15-13)20-4/h6,9-10,18H,5,7-8H2,1-4H3. The van der Waals surface area contributed by atoms with Gasteiger partial charge in [-0.15, -0.1) is 0 Å². The number of aliphatic hydroxyl groups is 1. The molecule has 0 aliphatic carbocycles. The first-order valence-electron chi connectivity index (χ1n) is 6.60. The van der Waals surface area contributed by atoms with Crippen molar-refractivity contribution >= 4 is 5.95 Å². The SMILES string of the molecule is COc1cc(OC)nc(N2CC(O)CC2CN(C)C)n1. The van der Waals surface area contributed by atoms with Crippen LogP contribution in [0.4, 0.5) is 5.95 Å². The summed E-state index contributed by atoms with van der Waals surface area (Å²) in [7, 11) is 7.13. The van der Waals surface area contributed by atoms with Crippen molar-refractivity contribution in [3.05, 3.63) is 6.07 Å². The highest BCUT2D eigenvalue weighted by molar-refractivity contribution is 5.39. The van der Waals surface area contributed by atoms with Crippen molar-refractivity contribution in [3.8, 4) is 11.8 Å². The molecule has 20 heavy (non-hydrogen) atoms. The molecule has 0 spiro atoms. The van der Waals surface area contributed by atoms with Crippen LogP contribution in [0, 0.1) is 0 Å². The van der Waals surface area contributed by atoms with E-state index in [4.69, 9.17) is 9.47 Å². The maximum atomic E-state index is 9.92. The minimum atomic E-state index is -0.360. The van der Waals surface area contributed by atoms with E-state index in [0.29, 0.717) is 30.7 Å². The fraction of sp³-hybridized carbons (Fsp3) is 0.692. The number of methoxy groups -OCH3 is 2. The minimum absolute atomic E-state index is 0.178. The van der Waals surface area contributed by atoms with Gasteiger partial charge in [0.15, 0.2) is 0 Å². The van der Waals surface area contributed by atoms with Gasteiger partial charge >= 0.3 is 0 Å². The second kappa shape index (κ2) is 6.23. The Bertz CT molecular complexity index is 433. The van der Waals surface area contributed by atoms with E-state index in [9.17, 15) is 5.11 Å². The molecule has 1 aromatic heterocycles. The molecule has 0 bridgehead atoms. The summed E-state index contributed by atoms with van der Waals surface area (Å²) in [5.74, 6) is 1.44. The summed E-state index contributed by atoms with van der Waals surface area (Å²) >= 11 is 0. The van der Waals surface area contributed by atoms with E-state index in [2.05, 4.69) is 14.9 Å². The van der Waals surface area contributed by atoms with Crippen LogP contribution in [0.3, 0.4) is 0 Å². The van der Waals surface area contributed by atoms with Crippen LogP contribution in [0.2, 0.25) is 0 Å². The number of ether oxygens (including phenoxy) is 2. The second-order valence-electron chi connectivity index (χ2n) is 5.21. The Labute approximate surface area is 119 Å². The first kappa shape index (κ1) is 14.8. The smallest absolute Gasteiger partial charge is 0.232 e. The normalized spacial score (nSPS) is 22.4. The second-order valence-corrected chi connectivity index (χ2v) is 5.21. The van der Waals surface area contributed by atoms with Gasteiger partial charge in [0.25, 0.3) is 0 Å². The molecule has 2 rings (SSSR count). The Hall–Kier alpha value is -1.60. The van der Waals surface area contributed by atoms with Crippen molar-refractivity contribution in [2.75, 3.05) is 46.3 Å². The molecule has 1 N–H and O–H groups in total. The van der Waals surface area contributed by atoms with Gasteiger partial charge in [-0.25, -0.2) is 0 Å². The highest BCUT2D eigenvalue weighted by atomic mass is 16.5. The van der Waals surface area contributed by atoms with Crippen LogP contribution in [0.15, 0.2) is 6.07 Å². The molecule has 2 heterocycles. The lowest BCUT2D eigenvalue weighted by molar-refractivity contribution is 0.191. The molecule has 1 aromatic rings. The zero-order chi connectivity index (χ0) is 14.7. The lowest BCUT2D eigenvalue weighted by atomic mass is 10.2. The summed E-state index contributed by atoms with van der Waals surface area (Å²) in [5, 5.41) is 9.92. The largest absolute Gasteiger partial charge is 0.481 e. The monoisotopic (exact) mass is 282 g/mol. The quantitative estimate of drug-likeness (QED) is 0.814. The Balaban J connectivity index is 2.28. The van der Waals surface area contributed by atoms with Crippen molar-refractivity contribution in [2.45, 2.75) is 18.6 Å². The van der Waals surface area contributed by atoms with Gasteiger partial charge in [-0.3, -0.25) is 0 Å². The van der Waals surface area contributed by atoms with Crippen LogP contribution >= 0.6 is 0 Å². The summed E-state index contributed by atoms with van der Waals surface area (Å²) < 4.78 is 10.3. The van der Waals surface area contributed by atoms with Crippen molar-refractivity contribution in [3.63, 3.8) is 0 Å². The van der Waals surface area contributed by atoms with E-state index in [-0.39, 0.29) is 12.1 Å². The first-order chi connectivity index (χ1) is 9.53. The molecule has 0 aromatic carbocycles. The van der Waals surface area contributed by atoms with Gasteiger partial charge in [0.05, 0.1) is 26.4 Å². The van der Waals surface area contributed by atoms with Gasteiger partial charge in [-0.2, -0.15) is 9.97 Å². The molecule has 2 unspecified atom stereocenters. The Morgan fingerprint density at radius 3 is 2.40 bits per heavy atom. The van der Waals surface area contributed by atoms with Crippen LogP contribution in [0.1, 0.15) is 6.42 Å². The molecule has 1 aliphatic rings. The molecule has 1 aliphatic heterocycles. The highest BCUT2D eigenvalue weighted by Crippen LogP contribution is 2.27. The third-order valence-electron chi connectivity index (χ3n) is 3.31. The van der Waals surface area contributed by atoms with E-state index >= 15 is 0 Å². The van der Waals surface area contributed by atoms with Gasteiger partial charge in [-0.05, 0) is 20.5 Å². The lowest BCUT2D eigenvalue weighted by Gasteiger charge is -2.27. The molecular formula is C13H22N4O3. The van der Waals surface area contributed by atoms with Gasteiger partial charge in [0.1, 0.15) is 0 Å². The number of hydrogen-bond acceptors (Lipinski definition) is 7. The van der Waals surface area contributed by atoms with Gasteiger partial charge in [0.2, 0.25) is 17.7 Å². The minimum Gasteiger partial charge on any atom is -0.481 e. The average Bonchev–Trinajstić information content (AvgIpc) is 2.78. The Morgan fingerprint density at radius 2 is 1.90 bits per heavy atom. The molecule has 1 fully saturated rings. The van der Waals surface area contributed by atoms with E-state index < -0.39 is 0 Å². The number of aliphatic hydroxyl groups excluding tert-OH is 1. The van der Waals surface area contributed by atoms with E-state index in [1.165, 1.54) is 0 Å². The molecule has 7 nitrogen and oxygen atoms in total. The van der Waals surface area contributed by atoms with Crippen molar-refractivity contribution in [1.82, 2.24) is 14.9 Å². The van der Waals surface area contributed by atoms with Gasteiger partial charge in [-0.1, -0.05) is 0 Å². The third-order valence-corrected chi connectivity index (χ3v) is 3.31. The number of anilines is 1. The number of β-amino-alcohol motifs (C(OH)–C–C–N with tert-alkyl or cyclic N) is 1. The summed E-state index contributed by atoms with van der Waals surface area (Å²) in [6.07, 6.45) is 0.349. The highest BCUT2D eigenvalue weighted by Gasteiger charge is 2.33. The third kappa shape index (κ3) is 3.29. The molecular weight excluding hydrogens is 260 g/mol. The van der Waals surface area contributed by atoms with E-state index in [1.54, 1.807) is 20.3 Å². The predicted octanol–water partition coefficient (Wildman–Crippen LogP) is -0.00500. The fourth-order valence-electron chi connectivity index (χ4n) is 2.46. The van der Waals surface area contributed by atoms with Crippen molar-refractivity contribution < 1.29 is 14.6 Å². The molecule has 1 saturated heterocycles. The molecule has 0 amide bonds. The summed E-state index contributed by atoms with van der Waals surface area (Å²) in [5.41, 5.74) is 0. The summed E-state index contributed by atoms with van der Waals surface area (Å²) in [4.78, 5) is 12.8. The number of rotatable bonds is 5. The molecule has 112 valence electrons. The van der Waals surface area contributed by atoms with Crippen LogP contribution in [0.25, 0.3) is 0 Å². The Morgan fingerprint density at radius 1 is 1.30 bits per heavy atom. The number of hydrogen-bond donors (Lipinski definition) is 1. The maximum absolute atomic E-state index is 9.92. The first-order valence-corrected chi connectivity index (χ1v) is 6.60. The van der Waals surface area contributed by atoms with Crippen LogP contribution < -0.4 is 14.4 Å². The average molecular weight is 282 g/mol. The van der Waals surface area contributed by atoms with Crippen LogP contribution in [0.5, 0.6) is 11.8 Å². The lowest BCUT2D eigenvalue weighted by Crippen LogP contribution is -2.38.